The normalized spacial score (nSPS) is 14.8. The molecule has 6 nitrogen and oxygen atoms in total. The molecule has 144 valence electrons. The molecule has 0 N–H and O–H groups in total. The Kier molecular flexibility index (Phi) is 6.16. The van der Waals surface area contributed by atoms with E-state index in [4.69, 9.17) is 9.47 Å². The lowest BCUT2D eigenvalue weighted by atomic mass is 10.1. The Labute approximate surface area is 167 Å². The number of benzene rings is 2. The van der Waals surface area contributed by atoms with Crippen molar-refractivity contribution in [3.05, 3.63) is 70.8 Å². The van der Waals surface area contributed by atoms with E-state index < -0.39 is 5.97 Å². The van der Waals surface area contributed by atoms with Crippen LogP contribution in [-0.2, 0) is 9.53 Å². The smallest absolute Gasteiger partial charge is 0.365 e. The molecule has 0 radical (unpaired) electrons. The van der Waals surface area contributed by atoms with E-state index in [1.807, 2.05) is 19.1 Å². The third-order valence-corrected chi connectivity index (χ3v) is 4.90. The number of carbonyl (C=O) groups excluding carboxylic acids is 2. The molecule has 1 aliphatic heterocycles. The van der Waals surface area contributed by atoms with E-state index in [1.165, 1.54) is 6.08 Å². The number of hydrogen-bond donors (Lipinski definition) is 0. The molecule has 3 rings (SSSR count). The topological polar surface area (TPSA) is 68.2 Å². The summed E-state index contributed by atoms with van der Waals surface area (Å²) in [6.45, 7) is 3.95. The molecule has 2 aromatic carbocycles. The number of aryl methyl sites for hydroxylation is 1. The average Bonchev–Trinajstić information content (AvgIpc) is 3.12. The van der Waals surface area contributed by atoms with E-state index in [2.05, 4.69) is 5.10 Å². The summed E-state index contributed by atoms with van der Waals surface area (Å²) >= 11 is 1.11. The molecule has 0 unspecified atom stereocenters. The predicted molar refractivity (Wildman–Crippen MR) is 111 cm³/mol. The van der Waals surface area contributed by atoms with Gasteiger partial charge in [-0.2, -0.15) is 5.10 Å². The van der Waals surface area contributed by atoms with Crippen molar-refractivity contribution in [2.75, 3.05) is 18.7 Å². The van der Waals surface area contributed by atoms with Crippen LogP contribution in [0.5, 0.6) is 5.75 Å². The van der Waals surface area contributed by atoms with Crippen LogP contribution in [0.4, 0.5) is 5.69 Å². The van der Waals surface area contributed by atoms with Crippen LogP contribution >= 0.6 is 11.8 Å². The monoisotopic (exact) mass is 396 g/mol. The van der Waals surface area contributed by atoms with Crippen molar-refractivity contribution in [1.29, 1.82) is 0 Å². The van der Waals surface area contributed by atoms with Crippen LogP contribution < -0.4 is 9.75 Å². The highest BCUT2D eigenvalue weighted by Gasteiger charge is 2.29. The number of carbonyl (C=O) groups is 2. The second-order valence-corrected chi connectivity index (χ2v) is 6.96. The number of anilines is 1. The second kappa shape index (κ2) is 8.75. The molecular formula is C21H20N2O4S. The first-order valence-electron chi connectivity index (χ1n) is 8.72. The fourth-order valence-corrected chi connectivity index (χ4v) is 3.35. The molecule has 0 aromatic heterocycles. The first kappa shape index (κ1) is 19.7. The van der Waals surface area contributed by atoms with Gasteiger partial charge in [0, 0.05) is 11.6 Å². The van der Waals surface area contributed by atoms with Crippen molar-refractivity contribution in [2.24, 2.45) is 5.10 Å². The van der Waals surface area contributed by atoms with Gasteiger partial charge < -0.3 is 9.47 Å². The van der Waals surface area contributed by atoms with Gasteiger partial charge in [0.1, 0.15) is 10.8 Å². The maximum absolute atomic E-state index is 12.7. The Morgan fingerprint density at radius 2 is 1.79 bits per heavy atom. The van der Waals surface area contributed by atoms with Gasteiger partial charge >= 0.3 is 5.97 Å². The largest absolute Gasteiger partial charge is 0.497 e. The van der Waals surface area contributed by atoms with Crippen molar-refractivity contribution in [2.45, 2.75) is 13.8 Å². The highest BCUT2D eigenvalue weighted by molar-refractivity contribution is 8.19. The molecule has 0 aliphatic carbocycles. The highest BCUT2D eigenvalue weighted by Crippen LogP contribution is 2.36. The van der Waals surface area contributed by atoms with Crippen LogP contribution in [0.1, 0.15) is 22.8 Å². The minimum Gasteiger partial charge on any atom is -0.497 e. The van der Waals surface area contributed by atoms with Gasteiger partial charge in [-0.25, -0.2) is 9.80 Å². The first-order chi connectivity index (χ1) is 13.5. The summed E-state index contributed by atoms with van der Waals surface area (Å²) < 4.78 is 10.2. The number of esters is 1. The molecule has 0 bridgehead atoms. The quantitative estimate of drug-likeness (QED) is 0.415. The summed E-state index contributed by atoms with van der Waals surface area (Å²) in [5.74, 6) is 0.0185. The van der Waals surface area contributed by atoms with Crippen LogP contribution in [0.2, 0.25) is 0 Å². The molecular weight excluding hydrogens is 376 g/mol. The van der Waals surface area contributed by atoms with Gasteiger partial charge in [0.2, 0.25) is 5.04 Å². The summed E-state index contributed by atoms with van der Waals surface area (Å²) in [7, 11) is 1.59. The third kappa shape index (κ3) is 4.43. The van der Waals surface area contributed by atoms with Gasteiger partial charge in [-0.05, 0) is 49.9 Å². The van der Waals surface area contributed by atoms with E-state index in [0.29, 0.717) is 22.0 Å². The number of thioether (sulfide) groups is 1. The number of nitrogens with zero attached hydrogens (tertiary/aromatic N) is 2. The lowest BCUT2D eigenvalue weighted by Crippen LogP contribution is -2.13. The Bertz CT molecular complexity index is 934. The van der Waals surface area contributed by atoms with Crippen molar-refractivity contribution < 1.29 is 19.1 Å². The van der Waals surface area contributed by atoms with Crippen molar-refractivity contribution in [1.82, 2.24) is 0 Å². The lowest BCUT2D eigenvalue weighted by Gasteiger charge is -2.15. The zero-order valence-corrected chi connectivity index (χ0v) is 16.7. The number of allylic oxidation sites excluding steroid dienone is 1. The van der Waals surface area contributed by atoms with E-state index in [-0.39, 0.29) is 17.4 Å². The summed E-state index contributed by atoms with van der Waals surface area (Å²) in [5.41, 5.74) is 2.35. The van der Waals surface area contributed by atoms with Crippen LogP contribution in [0.15, 0.2) is 64.7 Å². The van der Waals surface area contributed by atoms with Gasteiger partial charge in [0.15, 0.2) is 5.78 Å². The standard InChI is InChI=1S/C21H20N2O4S/c1-4-27-21(25)20-22-23(16-9-11-17(26-3)12-10-16)19(28-20)13-18(24)15-7-5-14(2)6-8-15/h5-13H,4H2,1-3H3/b19-13-. The fourth-order valence-electron chi connectivity index (χ4n) is 2.49. The van der Waals surface area contributed by atoms with Crippen LogP contribution in [0.25, 0.3) is 0 Å². The second-order valence-electron chi connectivity index (χ2n) is 5.95. The summed E-state index contributed by atoms with van der Waals surface area (Å²) in [6.07, 6.45) is 1.48. The van der Waals surface area contributed by atoms with Gasteiger partial charge in [-0.3, -0.25) is 4.79 Å². The molecule has 7 heteroatoms. The molecule has 0 saturated carbocycles. The number of methoxy groups -OCH3 is 1. The fraction of sp³-hybridized carbons (Fsp3) is 0.190. The van der Waals surface area contributed by atoms with Gasteiger partial charge in [-0.1, -0.05) is 29.8 Å². The lowest BCUT2D eigenvalue weighted by molar-refractivity contribution is -0.134. The highest BCUT2D eigenvalue weighted by atomic mass is 32.2. The zero-order chi connectivity index (χ0) is 20.1. The van der Waals surface area contributed by atoms with Crippen LogP contribution in [0, 0.1) is 6.92 Å². The van der Waals surface area contributed by atoms with Crippen molar-refractivity contribution in [3.8, 4) is 5.75 Å². The summed E-state index contributed by atoms with van der Waals surface area (Å²) in [4.78, 5) is 24.8. The molecule has 0 fully saturated rings. The molecule has 1 heterocycles. The SMILES string of the molecule is CCOC(=O)C1=NN(c2ccc(OC)cc2)/C(=C/C(=O)c2ccc(C)cc2)S1. The number of hydrazone groups is 1. The van der Waals surface area contributed by atoms with E-state index >= 15 is 0 Å². The molecule has 28 heavy (non-hydrogen) atoms. The van der Waals surface area contributed by atoms with Crippen LogP contribution in [-0.4, -0.2) is 30.5 Å². The number of hydrogen-bond acceptors (Lipinski definition) is 7. The molecule has 0 spiro atoms. The number of ketones is 1. The van der Waals surface area contributed by atoms with Gasteiger partial charge in [0.25, 0.3) is 0 Å². The van der Waals surface area contributed by atoms with Crippen molar-refractivity contribution >= 4 is 34.2 Å². The van der Waals surface area contributed by atoms with Gasteiger partial charge in [-0.15, -0.1) is 0 Å². The number of ether oxygens (including phenoxy) is 2. The van der Waals surface area contributed by atoms with Gasteiger partial charge in [0.05, 0.1) is 19.4 Å². The van der Waals surface area contributed by atoms with E-state index in [0.717, 1.165) is 17.3 Å². The Hall–Kier alpha value is -3.06. The maximum atomic E-state index is 12.7. The van der Waals surface area contributed by atoms with E-state index in [1.54, 1.807) is 55.4 Å². The maximum Gasteiger partial charge on any atom is 0.365 e. The molecule has 0 saturated heterocycles. The van der Waals surface area contributed by atoms with Crippen LogP contribution in [0.3, 0.4) is 0 Å². The minimum absolute atomic E-state index is 0.165. The van der Waals surface area contributed by atoms with Crippen molar-refractivity contribution in [3.63, 3.8) is 0 Å². The minimum atomic E-state index is -0.516. The number of rotatable bonds is 6. The Balaban J connectivity index is 1.93. The third-order valence-electron chi connectivity index (χ3n) is 3.96. The molecule has 0 atom stereocenters. The predicted octanol–water partition coefficient (Wildman–Crippen LogP) is 4.16. The first-order valence-corrected chi connectivity index (χ1v) is 9.54. The Morgan fingerprint density at radius 1 is 1.11 bits per heavy atom. The molecule has 0 amide bonds. The van der Waals surface area contributed by atoms with E-state index in [9.17, 15) is 9.59 Å². The zero-order valence-electron chi connectivity index (χ0n) is 15.8. The average molecular weight is 396 g/mol. The summed E-state index contributed by atoms with van der Waals surface area (Å²) in [5, 5.41) is 6.62. The molecule has 2 aromatic rings. The summed E-state index contributed by atoms with van der Waals surface area (Å²) in [6, 6.07) is 14.5. The Morgan fingerprint density at radius 3 is 2.39 bits per heavy atom. The molecule has 1 aliphatic rings.